The number of rotatable bonds is 5. The fraction of sp³-hybridized carbons (Fsp3) is 0.417. The molecule has 1 atom stereocenters. The van der Waals surface area contributed by atoms with Gasteiger partial charge >= 0.3 is 6.01 Å². The molecule has 1 unspecified atom stereocenters. The molecule has 0 spiro atoms. The summed E-state index contributed by atoms with van der Waals surface area (Å²) in [5.41, 5.74) is 0. The molecule has 0 saturated heterocycles. The third kappa shape index (κ3) is 3.12. The number of aromatic nitrogens is 3. The molecule has 2 rings (SSSR count). The van der Waals surface area contributed by atoms with E-state index >= 15 is 0 Å². The van der Waals surface area contributed by atoms with Crippen LogP contribution in [0.25, 0.3) is 0 Å². The highest BCUT2D eigenvalue weighted by Crippen LogP contribution is 2.20. The maximum absolute atomic E-state index is 5.55. The standard InChI is InChI=1S/C12H17N5O2/c1-7-5-6-9(19-7)8(2)14-11-15-10(13-3)16-12(17-11)18-4/h5-6,8H,1-4H3,(H2,13,14,15,16,17). The van der Waals surface area contributed by atoms with Crippen molar-refractivity contribution in [2.45, 2.75) is 19.9 Å². The maximum atomic E-state index is 5.55. The Balaban J connectivity index is 2.18. The van der Waals surface area contributed by atoms with Crippen LogP contribution in [0.4, 0.5) is 11.9 Å². The van der Waals surface area contributed by atoms with Crippen molar-refractivity contribution in [2.24, 2.45) is 0 Å². The van der Waals surface area contributed by atoms with Crippen molar-refractivity contribution in [3.63, 3.8) is 0 Å². The van der Waals surface area contributed by atoms with Gasteiger partial charge < -0.3 is 19.8 Å². The maximum Gasteiger partial charge on any atom is 0.322 e. The van der Waals surface area contributed by atoms with E-state index in [1.54, 1.807) is 7.05 Å². The average Bonchev–Trinajstić information content (AvgIpc) is 2.85. The van der Waals surface area contributed by atoms with Crippen LogP contribution in [-0.4, -0.2) is 29.1 Å². The molecule has 0 radical (unpaired) electrons. The fourth-order valence-corrected chi connectivity index (χ4v) is 1.58. The fourth-order valence-electron chi connectivity index (χ4n) is 1.58. The van der Waals surface area contributed by atoms with E-state index in [9.17, 15) is 0 Å². The lowest BCUT2D eigenvalue weighted by molar-refractivity contribution is 0.379. The highest BCUT2D eigenvalue weighted by Gasteiger charge is 2.12. The number of methoxy groups -OCH3 is 1. The number of hydrogen-bond acceptors (Lipinski definition) is 7. The number of furan rings is 1. The van der Waals surface area contributed by atoms with Crippen molar-refractivity contribution in [2.75, 3.05) is 24.8 Å². The second kappa shape index (κ2) is 5.55. The Morgan fingerprint density at radius 1 is 1.21 bits per heavy atom. The number of hydrogen-bond donors (Lipinski definition) is 2. The van der Waals surface area contributed by atoms with Gasteiger partial charge in [0.2, 0.25) is 11.9 Å². The molecule has 0 bridgehead atoms. The predicted molar refractivity (Wildman–Crippen MR) is 71.4 cm³/mol. The van der Waals surface area contributed by atoms with Gasteiger partial charge in [0.05, 0.1) is 13.2 Å². The monoisotopic (exact) mass is 263 g/mol. The molecule has 7 nitrogen and oxygen atoms in total. The molecule has 7 heteroatoms. The quantitative estimate of drug-likeness (QED) is 0.853. The highest BCUT2D eigenvalue weighted by molar-refractivity contribution is 5.36. The van der Waals surface area contributed by atoms with E-state index in [0.717, 1.165) is 11.5 Å². The van der Waals surface area contributed by atoms with Crippen LogP contribution in [0.3, 0.4) is 0 Å². The first kappa shape index (κ1) is 13.1. The van der Waals surface area contributed by atoms with Crippen molar-refractivity contribution in [1.29, 1.82) is 0 Å². The molecule has 0 aliphatic rings. The van der Waals surface area contributed by atoms with E-state index in [1.165, 1.54) is 7.11 Å². The Hall–Kier alpha value is -2.31. The molecule has 0 aromatic carbocycles. The van der Waals surface area contributed by atoms with E-state index in [4.69, 9.17) is 9.15 Å². The van der Waals surface area contributed by atoms with Crippen LogP contribution in [0, 0.1) is 6.92 Å². The summed E-state index contributed by atoms with van der Waals surface area (Å²) in [5.74, 6) is 2.56. The van der Waals surface area contributed by atoms with Crippen LogP contribution in [0.2, 0.25) is 0 Å². The first-order valence-electron chi connectivity index (χ1n) is 5.93. The van der Waals surface area contributed by atoms with Gasteiger partial charge in [-0.25, -0.2) is 0 Å². The zero-order valence-corrected chi connectivity index (χ0v) is 11.4. The number of aryl methyl sites for hydroxylation is 1. The molecular weight excluding hydrogens is 246 g/mol. The van der Waals surface area contributed by atoms with E-state index in [2.05, 4.69) is 25.6 Å². The number of nitrogens with one attached hydrogen (secondary N) is 2. The van der Waals surface area contributed by atoms with Crippen molar-refractivity contribution in [3.8, 4) is 6.01 Å². The summed E-state index contributed by atoms with van der Waals surface area (Å²) in [6.07, 6.45) is 0. The van der Waals surface area contributed by atoms with E-state index < -0.39 is 0 Å². The number of ether oxygens (including phenoxy) is 1. The number of nitrogens with zero attached hydrogens (tertiary/aromatic N) is 3. The molecule has 0 aliphatic heterocycles. The minimum Gasteiger partial charge on any atom is -0.467 e. The Labute approximate surface area is 111 Å². The smallest absolute Gasteiger partial charge is 0.322 e. The summed E-state index contributed by atoms with van der Waals surface area (Å²) >= 11 is 0. The first-order chi connectivity index (χ1) is 9.12. The van der Waals surface area contributed by atoms with Crippen molar-refractivity contribution in [1.82, 2.24) is 15.0 Å². The minimum absolute atomic E-state index is 0.0505. The highest BCUT2D eigenvalue weighted by atomic mass is 16.5. The molecule has 2 aromatic heterocycles. The second-order valence-electron chi connectivity index (χ2n) is 4.03. The third-order valence-corrected chi connectivity index (χ3v) is 2.55. The summed E-state index contributed by atoms with van der Waals surface area (Å²) in [7, 11) is 3.25. The van der Waals surface area contributed by atoms with Gasteiger partial charge in [0.25, 0.3) is 0 Å². The number of anilines is 2. The summed E-state index contributed by atoms with van der Waals surface area (Å²) < 4.78 is 10.6. The minimum atomic E-state index is -0.0505. The van der Waals surface area contributed by atoms with Gasteiger partial charge in [0.15, 0.2) is 0 Å². The Morgan fingerprint density at radius 2 is 1.95 bits per heavy atom. The van der Waals surface area contributed by atoms with Gasteiger partial charge in [0, 0.05) is 7.05 Å². The second-order valence-corrected chi connectivity index (χ2v) is 4.03. The molecule has 0 saturated carbocycles. The first-order valence-corrected chi connectivity index (χ1v) is 5.93. The van der Waals surface area contributed by atoms with Gasteiger partial charge in [0.1, 0.15) is 11.5 Å². The molecule has 102 valence electrons. The summed E-state index contributed by atoms with van der Waals surface area (Å²) in [6, 6.07) is 4.04. The van der Waals surface area contributed by atoms with Crippen molar-refractivity contribution >= 4 is 11.9 Å². The third-order valence-electron chi connectivity index (χ3n) is 2.55. The van der Waals surface area contributed by atoms with Crippen LogP contribution >= 0.6 is 0 Å². The molecule has 2 aromatic rings. The lowest BCUT2D eigenvalue weighted by atomic mass is 10.2. The Kier molecular flexibility index (Phi) is 3.84. The van der Waals surface area contributed by atoms with Crippen LogP contribution in [-0.2, 0) is 0 Å². The molecule has 2 N–H and O–H groups in total. The summed E-state index contributed by atoms with van der Waals surface area (Å²) in [5, 5.41) is 6.00. The van der Waals surface area contributed by atoms with E-state index in [-0.39, 0.29) is 12.1 Å². The topological polar surface area (TPSA) is 85.1 Å². The lowest BCUT2D eigenvalue weighted by Crippen LogP contribution is -2.11. The van der Waals surface area contributed by atoms with Gasteiger partial charge in [-0.1, -0.05) is 0 Å². The summed E-state index contributed by atoms with van der Waals surface area (Å²) in [4.78, 5) is 12.4. The van der Waals surface area contributed by atoms with Crippen LogP contribution in [0.15, 0.2) is 16.5 Å². The molecule has 2 heterocycles. The molecule has 0 amide bonds. The molecule has 19 heavy (non-hydrogen) atoms. The normalized spacial score (nSPS) is 12.0. The predicted octanol–water partition coefficient (Wildman–Crippen LogP) is 2.00. The van der Waals surface area contributed by atoms with Gasteiger partial charge in [-0.15, -0.1) is 0 Å². The van der Waals surface area contributed by atoms with Gasteiger partial charge in [-0.05, 0) is 26.0 Å². The zero-order valence-electron chi connectivity index (χ0n) is 11.4. The molecule has 0 fully saturated rings. The van der Waals surface area contributed by atoms with Gasteiger partial charge in [-0.3, -0.25) is 0 Å². The van der Waals surface area contributed by atoms with Crippen LogP contribution in [0.5, 0.6) is 6.01 Å². The molecule has 0 aliphatic carbocycles. The molecular formula is C12H17N5O2. The largest absolute Gasteiger partial charge is 0.467 e. The summed E-state index contributed by atoms with van der Waals surface area (Å²) in [6.45, 7) is 3.87. The SMILES string of the molecule is CNc1nc(NC(C)c2ccc(C)o2)nc(OC)n1. The van der Waals surface area contributed by atoms with E-state index in [1.807, 2.05) is 26.0 Å². The van der Waals surface area contributed by atoms with Crippen molar-refractivity contribution < 1.29 is 9.15 Å². The van der Waals surface area contributed by atoms with Crippen LogP contribution in [0.1, 0.15) is 24.5 Å². The Bertz CT molecular complexity index is 533. The average molecular weight is 263 g/mol. The van der Waals surface area contributed by atoms with Gasteiger partial charge in [-0.2, -0.15) is 15.0 Å². The lowest BCUT2D eigenvalue weighted by Gasteiger charge is -2.12. The van der Waals surface area contributed by atoms with Crippen molar-refractivity contribution in [3.05, 3.63) is 23.7 Å². The van der Waals surface area contributed by atoms with Crippen LogP contribution < -0.4 is 15.4 Å². The zero-order chi connectivity index (χ0) is 13.8. The van der Waals surface area contributed by atoms with E-state index in [0.29, 0.717) is 11.9 Å². The Morgan fingerprint density at radius 3 is 2.53 bits per heavy atom.